The Kier molecular flexibility index (Phi) is 3.28. The predicted molar refractivity (Wildman–Crippen MR) is 64.5 cm³/mol. The molecule has 0 fully saturated rings. The van der Waals surface area contributed by atoms with Gasteiger partial charge in [0.15, 0.2) is 0 Å². The average molecular weight is 234 g/mol. The molecule has 5 nitrogen and oxygen atoms in total. The minimum atomic E-state index is -0.101. The van der Waals surface area contributed by atoms with Crippen LogP contribution < -0.4 is 5.73 Å². The monoisotopic (exact) mass is 234 g/mol. The first-order valence-electron chi connectivity index (χ1n) is 5.77. The van der Waals surface area contributed by atoms with Gasteiger partial charge in [0.05, 0.1) is 6.26 Å². The molecule has 0 aromatic carbocycles. The molecule has 92 valence electrons. The zero-order chi connectivity index (χ0) is 12.4. The maximum absolute atomic E-state index is 6.16. The van der Waals surface area contributed by atoms with Gasteiger partial charge in [-0.15, -0.1) is 0 Å². The van der Waals surface area contributed by atoms with E-state index in [9.17, 15) is 0 Å². The average Bonchev–Trinajstić information content (AvgIpc) is 2.86. The van der Waals surface area contributed by atoms with E-state index in [0.717, 1.165) is 17.1 Å². The fraction of sp³-hybridized carbons (Fsp3) is 0.500. The van der Waals surface area contributed by atoms with Crippen LogP contribution in [-0.4, -0.2) is 14.8 Å². The topological polar surface area (TPSA) is 69.9 Å². The molecule has 2 aromatic rings. The lowest BCUT2D eigenvalue weighted by atomic mass is 10.1. The van der Waals surface area contributed by atoms with Crippen LogP contribution in [-0.2, 0) is 6.42 Å². The van der Waals surface area contributed by atoms with E-state index in [2.05, 4.69) is 23.9 Å². The van der Waals surface area contributed by atoms with Gasteiger partial charge in [0.2, 0.25) is 0 Å². The molecule has 2 heterocycles. The molecule has 1 atom stereocenters. The van der Waals surface area contributed by atoms with Crippen LogP contribution in [0.5, 0.6) is 0 Å². The zero-order valence-corrected chi connectivity index (χ0v) is 10.4. The Morgan fingerprint density at radius 1 is 1.47 bits per heavy atom. The van der Waals surface area contributed by atoms with Crippen molar-refractivity contribution in [2.45, 2.75) is 39.3 Å². The molecule has 0 radical (unpaired) electrons. The van der Waals surface area contributed by atoms with E-state index in [4.69, 9.17) is 10.2 Å². The van der Waals surface area contributed by atoms with Crippen LogP contribution in [0.1, 0.15) is 43.1 Å². The zero-order valence-electron chi connectivity index (χ0n) is 10.4. The molecule has 0 aliphatic heterocycles. The highest BCUT2D eigenvalue weighted by Gasteiger charge is 2.16. The van der Waals surface area contributed by atoms with Crippen molar-refractivity contribution in [1.29, 1.82) is 0 Å². The highest BCUT2D eigenvalue weighted by molar-refractivity contribution is 5.20. The Hall–Kier alpha value is -1.62. The van der Waals surface area contributed by atoms with Crippen molar-refractivity contribution < 1.29 is 4.42 Å². The normalized spacial score (nSPS) is 13.2. The summed E-state index contributed by atoms with van der Waals surface area (Å²) < 4.78 is 7.16. The summed E-state index contributed by atoms with van der Waals surface area (Å²) in [4.78, 5) is 4.26. The number of furan rings is 1. The minimum Gasteiger partial charge on any atom is -0.469 e. The Bertz CT molecular complexity index is 486. The van der Waals surface area contributed by atoms with Gasteiger partial charge in [0, 0.05) is 24.1 Å². The Morgan fingerprint density at radius 2 is 2.24 bits per heavy atom. The molecule has 0 amide bonds. The third-order valence-corrected chi connectivity index (χ3v) is 2.84. The van der Waals surface area contributed by atoms with Gasteiger partial charge in [0.25, 0.3) is 0 Å². The Balaban J connectivity index is 2.16. The van der Waals surface area contributed by atoms with Crippen molar-refractivity contribution in [3.63, 3.8) is 0 Å². The summed E-state index contributed by atoms with van der Waals surface area (Å²) in [6.45, 7) is 6.07. The number of nitrogens with two attached hydrogens (primary N) is 1. The van der Waals surface area contributed by atoms with E-state index in [1.54, 1.807) is 12.6 Å². The fourth-order valence-electron chi connectivity index (χ4n) is 1.94. The first-order valence-corrected chi connectivity index (χ1v) is 5.77. The van der Waals surface area contributed by atoms with Gasteiger partial charge < -0.3 is 10.2 Å². The van der Waals surface area contributed by atoms with E-state index in [-0.39, 0.29) is 6.04 Å². The van der Waals surface area contributed by atoms with Gasteiger partial charge in [-0.05, 0) is 26.8 Å². The predicted octanol–water partition coefficient (Wildman–Crippen LogP) is 2.00. The standard InChI is InChI=1S/C12H18N4O/c1-8(2)16-12(14-7-15-16)6-11(13)10-4-5-17-9(10)3/h4-5,7-8,11H,6,13H2,1-3H3. The summed E-state index contributed by atoms with van der Waals surface area (Å²) >= 11 is 0. The van der Waals surface area contributed by atoms with E-state index in [1.165, 1.54) is 0 Å². The first kappa shape index (κ1) is 11.9. The number of hydrogen-bond acceptors (Lipinski definition) is 4. The maximum Gasteiger partial charge on any atom is 0.138 e. The molecule has 0 aliphatic carbocycles. The summed E-state index contributed by atoms with van der Waals surface area (Å²) in [7, 11) is 0. The third kappa shape index (κ3) is 2.39. The second-order valence-corrected chi connectivity index (χ2v) is 4.46. The van der Waals surface area contributed by atoms with E-state index >= 15 is 0 Å². The third-order valence-electron chi connectivity index (χ3n) is 2.84. The maximum atomic E-state index is 6.16. The van der Waals surface area contributed by atoms with Crippen LogP contribution in [0.2, 0.25) is 0 Å². The molecule has 1 unspecified atom stereocenters. The Labute approximate surface area is 101 Å². The van der Waals surface area contributed by atoms with E-state index in [1.807, 2.05) is 17.7 Å². The molecular weight excluding hydrogens is 216 g/mol. The van der Waals surface area contributed by atoms with Gasteiger partial charge in [-0.2, -0.15) is 5.10 Å². The largest absolute Gasteiger partial charge is 0.469 e. The van der Waals surface area contributed by atoms with Crippen LogP contribution in [0.15, 0.2) is 23.1 Å². The van der Waals surface area contributed by atoms with Crippen LogP contribution >= 0.6 is 0 Å². The molecule has 17 heavy (non-hydrogen) atoms. The van der Waals surface area contributed by atoms with Crippen LogP contribution in [0, 0.1) is 6.92 Å². The molecule has 0 aliphatic rings. The molecule has 2 rings (SSSR count). The van der Waals surface area contributed by atoms with E-state index in [0.29, 0.717) is 12.5 Å². The Morgan fingerprint density at radius 3 is 2.82 bits per heavy atom. The highest BCUT2D eigenvalue weighted by Crippen LogP contribution is 2.20. The van der Waals surface area contributed by atoms with Crippen LogP contribution in [0.4, 0.5) is 0 Å². The molecule has 0 bridgehead atoms. The van der Waals surface area contributed by atoms with Crippen LogP contribution in [0.25, 0.3) is 0 Å². The fourth-order valence-corrected chi connectivity index (χ4v) is 1.94. The molecule has 0 saturated carbocycles. The molecule has 2 aromatic heterocycles. The number of rotatable bonds is 4. The summed E-state index contributed by atoms with van der Waals surface area (Å²) in [5.41, 5.74) is 7.19. The van der Waals surface area contributed by atoms with Crippen molar-refractivity contribution >= 4 is 0 Å². The molecule has 0 spiro atoms. The van der Waals surface area contributed by atoms with Crippen molar-refractivity contribution in [2.24, 2.45) is 5.73 Å². The lowest BCUT2D eigenvalue weighted by Crippen LogP contribution is -2.18. The molecular formula is C12H18N4O. The minimum absolute atomic E-state index is 0.101. The number of nitrogens with zero attached hydrogens (tertiary/aromatic N) is 3. The smallest absolute Gasteiger partial charge is 0.138 e. The summed E-state index contributed by atoms with van der Waals surface area (Å²) in [5.74, 6) is 1.78. The summed E-state index contributed by atoms with van der Waals surface area (Å²) in [6, 6.07) is 2.11. The second kappa shape index (κ2) is 4.71. The quantitative estimate of drug-likeness (QED) is 0.878. The van der Waals surface area contributed by atoms with Gasteiger partial charge in [0.1, 0.15) is 17.9 Å². The first-order chi connectivity index (χ1) is 8.09. The van der Waals surface area contributed by atoms with Gasteiger partial charge >= 0.3 is 0 Å². The highest BCUT2D eigenvalue weighted by atomic mass is 16.3. The number of aromatic nitrogens is 3. The summed E-state index contributed by atoms with van der Waals surface area (Å²) in [5, 5.41) is 4.20. The molecule has 5 heteroatoms. The van der Waals surface area contributed by atoms with Crippen molar-refractivity contribution in [3.8, 4) is 0 Å². The SMILES string of the molecule is Cc1occc1C(N)Cc1ncnn1C(C)C. The van der Waals surface area contributed by atoms with Crippen molar-refractivity contribution in [1.82, 2.24) is 14.8 Å². The summed E-state index contributed by atoms with van der Waals surface area (Å²) in [6.07, 6.45) is 3.90. The van der Waals surface area contributed by atoms with Gasteiger partial charge in [-0.1, -0.05) is 0 Å². The lowest BCUT2D eigenvalue weighted by Gasteiger charge is -2.13. The number of aryl methyl sites for hydroxylation is 1. The van der Waals surface area contributed by atoms with Crippen LogP contribution in [0.3, 0.4) is 0 Å². The molecule has 0 saturated heterocycles. The second-order valence-electron chi connectivity index (χ2n) is 4.46. The molecule has 2 N–H and O–H groups in total. The van der Waals surface area contributed by atoms with Gasteiger partial charge in [-0.25, -0.2) is 9.67 Å². The van der Waals surface area contributed by atoms with Crippen molar-refractivity contribution in [3.05, 3.63) is 35.8 Å². The lowest BCUT2D eigenvalue weighted by molar-refractivity contribution is 0.488. The van der Waals surface area contributed by atoms with Gasteiger partial charge in [-0.3, -0.25) is 0 Å². The van der Waals surface area contributed by atoms with E-state index < -0.39 is 0 Å². The van der Waals surface area contributed by atoms with Crippen molar-refractivity contribution in [2.75, 3.05) is 0 Å². The number of hydrogen-bond donors (Lipinski definition) is 1.